The molecule has 1 aromatic carbocycles. The number of ether oxygens (including phenoxy) is 1. The molecular formula is C37H60N8O2. The van der Waals surface area contributed by atoms with Crippen molar-refractivity contribution in [3.63, 3.8) is 0 Å². The second-order valence-corrected chi connectivity index (χ2v) is 12.8. The summed E-state index contributed by atoms with van der Waals surface area (Å²) in [5.41, 5.74) is 3.47. The third-order valence-corrected chi connectivity index (χ3v) is 9.36. The third-order valence-electron chi connectivity index (χ3n) is 9.36. The summed E-state index contributed by atoms with van der Waals surface area (Å²) in [5.74, 6) is 2.42. The number of likely N-dealkylation sites (N-methyl/N-ethyl adjacent to an activating group) is 1. The molecule has 2 saturated heterocycles. The van der Waals surface area contributed by atoms with Crippen molar-refractivity contribution < 1.29 is 9.53 Å². The standard InChI is InChI=1S/C32H49N7O2.C4H7N.CH4/c1-26(5-4-12-36(2)32(40)24-39-22-29-20-34-25-35-31(29)23-39)28-6-3-7-30(19-28)41-18-17-37-13-15-38(16-14-37)21-27-8-10-33-11-9-27;1-3-5-4-2;/h3,6-7,19-20,25-27,33H,4-5,8-18,21-24H2,1-2H3;3-4H,1H2,2H3;1H4. The summed E-state index contributed by atoms with van der Waals surface area (Å²) in [4.78, 5) is 34.0. The fraction of sp³-hybridized carbons (Fsp3) is 0.622. The quantitative estimate of drug-likeness (QED) is 0.296. The van der Waals surface area contributed by atoms with E-state index in [-0.39, 0.29) is 13.3 Å². The molecule has 2 aromatic rings. The van der Waals surface area contributed by atoms with Crippen LogP contribution in [0.25, 0.3) is 0 Å². The Labute approximate surface area is 284 Å². The number of piperazine rings is 1. The molecule has 3 aliphatic heterocycles. The van der Waals surface area contributed by atoms with Crippen molar-refractivity contribution in [2.75, 3.05) is 79.1 Å². The number of benzene rings is 1. The molecule has 0 spiro atoms. The highest BCUT2D eigenvalue weighted by Crippen LogP contribution is 2.25. The Kier molecular flexibility index (Phi) is 17.0. The van der Waals surface area contributed by atoms with Crippen LogP contribution in [-0.2, 0) is 17.9 Å². The fourth-order valence-corrected chi connectivity index (χ4v) is 6.45. The molecule has 2 fully saturated rings. The van der Waals surface area contributed by atoms with Crippen molar-refractivity contribution in [1.29, 1.82) is 0 Å². The predicted octanol–water partition coefficient (Wildman–Crippen LogP) is 4.69. The van der Waals surface area contributed by atoms with Crippen LogP contribution < -0.4 is 10.1 Å². The number of piperidine rings is 1. The van der Waals surface area contributed by atoms with Gasteiger partial charge in [0.2, 0.25) is 5.91 Å². The Hall–Kier alpha value is -3.18. The van der Waals surface area contributed by atoms with Crippen molar-refractivity contribution in [1.82, 2.24) is 34.9 Å². The first-order chi connectivity index (χ1) is 22.4. The van der Waals surface area contributed by atoms with E-state index in [1.54, 1.807) is 12.5 Å². The maximum atomic E-state index is 12.8. The lowest BCUT2D eigenvalue weighted by molar-refractivity contribution is -0.131. The molecular weight excluding hydrogens is 588 g/mol. The van der Waals surface area contributed by atoms with Crippen molar-refractivity contribution >= 4 is 12.1 Å². The van der Waals surface area contributed by atoms with Gasteiger partial charge in [-0.05, 0) is 75.2 Å². The van der Waals surface area contributed by atoms with Crippen LogP contribution in [0, 0.1) is 5.92 Å². The van der Waals surface area contributed by atoms with E-state index in [1.165, 1.54) is 57.3 Å². The maximum Gasteiger partial charge on any atom is 0.236 e. The minimum absolute atomic E-state index is 0. The van der Waals surface area contributed by atoms with Crippen LogP contribution in [-0.4, -0.2) is 121 Å². The molecule has 1 unspecified atom stereocenters. The van der Waals surface area contributed by atoms with Crippen molar-refractivity contribution in [3.8, 4) is 5.75 Å². The Morgan fingerprint density at radius 3 is 2.64 bits per heavy atom. The van der Waals surface area contributed by atoms with Gasteiger partial charge in [-0.25, -0.2) is 9.97 Å². The molecule has 10 heteroatoms. The van der Waals surface area contributed by atoms with Crippen molar-refractivity contribution in [2.45, 2.75) is 66.0 Å². The average Bonchev–Trinajstić information content (AvgIpc) is 3.49. The van der Waals surface area contributed by atoms with E-state index in [0.717, 1.165) is 81.6 Å². The SMILES string of the molecule is C.C=CN=CC.CC(CCCN(C)C(=O)CN1Cc2cncnc2C1)c1cccc(OCCN2CCN(CC3CCNCC3)CC2)c1. The number of fused-ring (bicyclic) bond motifs is 1. The van der Waals surface area contributed by atoms with E-state index in [0.29, 0.717) is 12.5 Å². The van der Waals surface area contributed by atoms with Crippen LogP contribution in [0.5, 0.6) is 5.75 Å². The number of aliphatic imine (C=N–C) groups is 1. The Morgan fingerprint density at radius 1 is 1.17 bits per heavy atom. The van der Waals surface area contributed by atoms with Crippen molar-refractivity contribution in [3.05, 3.63) is 66.4 Å². The summed E-state index contributed by atoms with van der Waals surface area (Å²) >= 11 is 0. The molecule has 1 atom stereocenters. The molecule has 5 rings (SSSR count). The summed E-state index contributed by atoms with van der Waals surface area (Å²) < 4.78 is 6.18. The van der Waals surface area contributed by atoms with Crippen molar-refractivity contribution in [2.24, 2.45) is 10.9 Å². The molecule has 260 valence electrons. The third kappa shape index (κ3) is 13.1. The van der Waals surface area contributed by atoms with Gasteiger partial charge >= 0.3 is 0 Å². The smallest absolute Gasteiger partial charge is 0.236 e. The lowest BCUT2D eigenvalue weighted by Gasteiger charge is -2.37. The Balaban J connectivity index is 0.000000930. The van der Waals surface area contributed by atoms with E-state index in [4.69, 9.17) is 4.74 Å². The molecule has 47 heavy (non-hydrogen) atoms. The summed E-state index contributed by atoms with van der Waals surface area (Å²) in [7, 11) is 1.92. The molecule has 0 aliphatic carbocycles. The summed E-state index contributed by atoms with van der Waals surface area (Å²) in [6, 6.07) is 8.57. The van der Waals surface area contributed by atoms with Gasteiger partial charge in [-0.1, -0.05) is 33.1 Å². The van der Waals surface area contributed by atoms with Gasteiger partial charge in [0.25, 0.3) is 0 Å². The van der Waals surface area contributed by atoms with E-state index >= 15 is 0 Å². The maximum absolute atomic E-state index is 12.8. The number of hydrogen-bond donors (Lipinski definition) is 1. The van der Waals surface area contributed by atoms with Gasteiger partial charge in [0.05, 0.1) is 12.2 Å². The number of amides is 1. The molecule has 0 saturated carbocycles. The zero-order chi connectivity index (χ0) is 32.6. The molecule has 1 aromatic heterocycles. The number of nitrogens with zero attached hydrogens (tertiary/aromatic N) is 7. The predicted molar refractivity (Wildman–Crippen MR) is 193 cm³/mol. The normalized spacial score (nSPS) is 18.1. The summed E-state index contributed by atoms with van der Waals surface area (Å²) in [6.45, 7) is 20.1. The molecule has 4 heterocycles. The number of rotatable bonds is 14. The Bertz CT molecular complexity index is 1200. The summed E-state index contributed by atoms with van der Waals surface area (Å²) in [6.07, 6.45) is 11.3. The Morgan fingerprint density at radius 2 is 1.94 bits per heavy atom. The first-order valence-electron chi connectivity index (χ1n) is 17.2. The number of aromatic nitrogens is 2. The first-order valence-corrected chi connectivity index (χ1v) is 17.2. The van der Waals surface area contributed by atoms with Gasteiger partial charge in [0.15, 0.2) is 0 Å². The highest BCUT2D eigenvalue weighted by Gasteiger charge is 2.24. The highest BCUT2D eigenvalue weighted by atomic mass is 16.5. The molecule has 0 bridgehead atoms. The monoisotopic (exact) mass is 648 g/mol. The van der Waals surface area contributed by atoms with Gasteiger partial charge < -0.3 is 19.9 Å². The van der Waals surface area contributed by atoms with Gasteiger partial charge in [-0.15, -0.1) is 0 Å². The van der Waals surface area contributed by atoms with Crippen LogP contribution in [0.4, 0.5) is 0 Å². The zero-order valence-electron chi connectivity index (χ0n) is 28.4. The number of hydrogen-bond acceptors (Lipinski definition) is 9. The minimum atomic E-state index is 0. The molecule has 10 nitrogen and oxygen atoms in total. The van der Waals surface area contributed by atoms with Gasteiger partial charge in [-0.2, -0.15) is 0 Å². The number of carbonyl (C=O) groups is 1. The van der Waals surface area contributed by atoms with Gasteiger partial charge in [0.1, 0.15) is 18.7 Å². The van der Waals surface area contributed by atoms with Crippen LogP contribution in [0.1, 0.15) is 69.7 Å². The van der Waals surface area contributed by atoms with Gasteiger partial charge in [-0.3, -0.25) is 19.6 Å². The summed E-state index contributed by atoms with van der Waals surface area (Å²) in [5, 5.41) is 3.48. The van der Waals surface area contributed by atoms with Crippen LogP contribution in [0.3, 0.4) is 0 Å². The lowest BCUT2D eigenvalue weighted by atomic mass is 9.96. The topological polar surface area (TPSA) is 89.4 Å². The molecule has 1 N–H and O–H groups in total. The highest BCUT2D eigenvalue weighted by molar-refractivity contribution is 5.78. The number of nitrogens with one attached hydrogen (secondary N) is 1. The zero-order valence-corrected chi connectivity index (χ0v) is 28.4. The fourth-order valence-electron chi connectivity index (χ4n) is 6.45. The van der Waals surface area contributed by atoms with Crippen LogP contribution in [0.2, 0.25) is 0 Å². The largest absolute Gasteiger partial charge is 0.492 e. The number of carbonyl (C=O) groups excluding carboxylic acids is 1. The van der Waals surface area contributed by atoms with E-state index < -0.39 is 0 Å². The second kappa shape index (κ2) is 20.9. The minimum Gasteiger partial charge on any atom is -0.492 e. The van der Waals surface area contributed by atoms with Crippen LogP contribution >= 0.6 is 0 Å². The lowest BCUT2D eigenvalue weighted by Crippen LogP contribution is -2.49. The first kappa shape index (κ1) is 38.3. The van der Waals surface area contributed by atoms with Gasteiger partial charge in [0, 0.05) is 90.1 Å². The molecule has 3 aliphatic rings. The molecule has 1 amide bonds. The second-order valence-electron chi connectivity index (χ2n) is 12.8. The van der Waals surface area contributed by atoms with E-state index in [2.05, 4.69) is 72.7 Å². The molecule has 0 radical (unpaired) electrons. The average molecular weight is 649 g/mol. The van der Waals surface area contributed by atoms with Crippen LogP contribution in [0.15, 0.2) is 54.6 Å². The van der Waals surface area contributed by atoms with E-state index in [1.807, 2.05) is 25.1 Å². The van der Waals surface area contributed by atoms with E-state index in [9.17, 15) is 4.79 Å².